The quantitative estimate of drug-likeness (QED) is 0.477. The zero-order valence-electron chi connectivity index (χ0n) is 12.9. The highest BCUT2D eigenvalue weighted by Crippen LogP contribution is 2.23. The van der Waals surface area contributed by atoms with Crippen LogP contribution >= 0.6 is 23.2 Å². The Labute approximate surface area is 152 Å². The third kappa shape index (κ3) is 4.91. The molecule has 0 saturated heterocycles. The molecular formula is C16H12Cl2N2O5. The maximum atomic E-state index is 12.1. The fourth-order valence-corrected chi connectivity index (χ4v) is 2.14. The van der Waals surface area contributed by atoms with E-state index in [-0.39, 0.29) is 27.0 Å². The van der Waals surface area contributed by atoms with Gasteiger partial charge >= 0.3 is 5.97 Å². The predicted octanol–water partition coefficient (Wildman–Crippen LogP) is 4.09. The summed E-state index contributed by atoms with van der Waals surface area (Å²) in [7, 11) is 0. The lowest BCUT2D eigenvalue weighted by molar-refractivity contribution is -0.384. The van der Waals surface area contributed by atoms with E-state index in [1.807, 2.05) is 0 Å². The molecule has 0 heterocycles. The van der Waals surface area contributed by atoms with Gasteiger partial charge in [-0.3, -0.25) is 14.9 Å². The van der Waals surface area contributed by atoms with E-state index in [0.717, 1.165) is 0 Å². The summed E-state index contributed by atoms with van der Waals surface area (Å²) in [6.07, 6.45) is -1.12. The Balaban J connectivity index is 2.02. The van der Waals surface area contributed by atoms with Crippen molar-refractivity contribution in [1.29, 1.82) is 0 Å². The third-order valence-corrected chi connectivity index (χ3v) is 3.87. The van der Waals surface area contributed by atoms with Crippen LogP contribution in [0.15, 0.2) is 42.5 Å². The van der Waals surface area contributed by atoms with Gasteiger partial charge in [0.15, 0.2) is 6.10 Å². The molecule has 1 amide bonds. The molecule has 0 fully saturated rings. The first-order chi connectivity index (χ1) is 11.8. The molecule has 1 unspecified atom stereocenters. The number of carbonyl (C=O) groups is 2. The van der Waals surface area contributed by atoms with E-state index in [9.17, 15) is 19.7 Å². The zero-order valence-corrected chi connectivity index (χ0v) is 14.4. The Hall–Kier alpha value is -2.64. The monoisotopic (exact) mass is 382 g/mol. The van der Waals surface area contributed by atoms with Gasteiger partial charge in [-0.1, -0.05) is 29.3 Å². The van der Waals surface area contributed by atoms with Crippen molar-refractivity contribution in [3.63, 3.8) is 0 Å². The van der Waals surface area contributed by atoms with Crippen LogP contribution in [-0.4, -0.2) is 22.9 Å². The number of nitro benzene ring substituents is 1. The first-order valence-corrected chi connectivity index (χ1v) is 7.75. The van der Waals surface area contributed by atoms with Gasteiger partial charge in [-0.25, -0.2) is 4.79 Å². The molecule has 0 aliphatic carbocycles. The zero-order chi connectivity index (χ0) is 18.6. The maximum absolute atomic E-state index is 12.1. The minimum absolute atomic E-state index is 0.143. The molecule has 1 atom stereocenters. The van der Waals surface area contributed by atoms with Crippen molar-refractivity contribution in [2.45, 2.75) is 13.0 Å². The SMILES string of the molecule is CC(OC(=O)c1ccc(Cl)c(Cl)c1)C(=O)Nc1cccc([N+](=O)[O-])c1. The summed E-state index contributed by atoms with van der Waals surface area (Å²) >= 11 is 11.6. The highest BCUT2D eigenvalue weighted by Gasteiger charge is 2.20. The van der Waals surface area contributed by atoms with Crippen molar-refractivity contribution in [2.75, 3.05) is 5.32 Å². The number of hydrogen-bond acceptors (Lipinski definition) is 5. The van der Waals surface area contributed by atoms with E-state index in [1.165, 1.54) is 49.4 Å². The number of amides is 1. The van der Waals surface area contributed by atoms with Gasteiger partial charge in [0.25, 0.3) is 11.6 Å². The van der Waals surface area contributed by atoms with E-state index < -0.39 is 22.9 Å². The molecule has 0 aromatic heterocycles. The first kappa shape index (κ1) is 18.7. The number of esters is 1. The number of hydrogen-bond donors (Lipinski definition) is 1. The second kappa shape index (κ2) is 7.96. The molecule has 0 spiro atoms. The number of benzene rings is 2. The summed E-state index contributed by atoms with van der Waals surface area (Å²) in [5, 5.41) is 13.6. The Kier molecular flexibility index (Phi) is 5.95. The molecule has 130 valence electrons. The molecule has 2 aromatic carbocycles. The van der Waals surface area contributed by atoms with Crippen LogP contribution < -0.4 is 5.32 Å². The van der Waals surface area contributed by atoms with E-state index in [2.05, 4.69) is 5.32 Å². The van der Waals surface area contributed by atoms with Crippen LogP contribution in [0.25, 0.3) is 0 Å². The number of nitrogens with one attached hydrogen (secondary N) is 1. The molecule has 2 rings (SSSR count). The van der Waals surface area contributed by atoms with Gasteiger partial charge in [-0.05, 0) is 31.2 Å². The van der Waals surface area contributed by atoms with Crippen molar-refractivity contribution in [3.8, 4) is 0 Å². The lowest BCUT2D eigenvalue weighted by atomic mass is 10.2. The average molecular weight is 383 g/mol. The van der Waals surface area contributed by atoms with Gasteiger partial charge in [0.1, 0.15) is 0 Å². The first-order valence-electron chi connectivity index (χ1n) is 6.99. The minimum Gasteiger partial charge on any atom is -0.449 e. The Bertz CT molecular complexity index is 841. The van der Waals surface area contributed by atoms with E-state index in [0.29, 0.717) is 0 Å². The summed E-state index contributed by atoms with van der Waals surface area (Å²) in [4.78, 5) is 34.3. The van der Waals surface area contributed by atoms with Crippen LogP contribution in [0, 0.1) is 10.1 Å². The topological polar surface area (TPSA) is 98.5 Å². The Morgan fingerprint density at radius 1 is 1.16 bits per heavy atom. The van der Waals surface area contributed by atoms with E-state index in [4.69, 9.17) is 27.9 Å². The molecule has 0 radical (unpaired) electrons. The fraction of sp³-hybridized carbons (Fsp3) is 0.125. The van der Waals surface area contributed by atoms with Gasteiger partial charge in [0.05, 0.1) is 20.5 Å². The van der Waals surface area contributed by atoms with Gasteiger partial charge in [-0.2, -0.15) is 0 Å². The van der Waals surface area contributed by atoms with Crippen LogP contribution in [-0.2, 0) is 9.53 Å². The lowest BCUT2D eigenvalue weighted by Crippen LogP contribution is -2.30. The smallest absolute Gasteiger partial charge is 0.338 e. The average Bonchev–Trinajstić information content (AvgIpc) is 2.57. The standard InChI is InChI=1S/C16H12Cl2N2O5/c1-9(25-16(22)10-5-6-13(17)14(18)7-10)15(21)19-11-3-2-4-12(8-11)20(23)24/h2-9H,1H3,(H,19,21). The van der Waals surface area contributed by atoms with Gasteiger partial charge in [0.2, 0.25) is 0 Å². The molecule has 0 aliphatic heterocycles. The number of halogens is 2. The Morgan fingerprint density at radius 3 is 2.52 bits per heavy atom. The summed E-state index contributed by atoms with van der Waals surface area (Å²) in [6, 6.07) is 9.60. The normalized spacial score (nSPS) is 11.5. The number of rotatable bonds is 5. The molecule has 0 saturated carbocycles. The molecule has 9 heteroatoms. The van der Waals surface area contributed by atoms with E-state index in [1.54, 1.807) is 0 Å². The summed E-state index contributed by atoms with van der Waals surface area (Å²) in [5.74, 6) is -1.38. The van der Waals surface area contributed by atoms with Crippen LogP contribution in [0.4, 0.5) is 11.4 Å². The van der Waals surface area contributed by atoms with Crippen molar-refractivity contribution in [2.24, 2.45) is 0 Å². The summed E-state index contributed by atoms with van der Waals surface area (Å²) < 4.78 is 5.06. The summed E-state index contributed by atoms with van der Waals surface area (Å²) in [5.41, 5.74) is 0.194. The van der Waals surface area contributed by atoms with Crippen LogP contribution in [0.1, 0.15) is 17.3 Å². The van der Waals surface area contributed by atoms with Gasteiger partial charge < -0.3 is 10.1 Å². The van der Waals surface area contributed by atoms with Gasteiger partial charge in [-0.15, -0.1) is 0 Å². The second-order valence-corrected chi connectivity index (χ2v) is 5.79. The van der Waals surface area contributed by atoms with Crippen LogP contribution in [0.3, 0.4) is 0 Å². The molecule has 0 aliphatic rings. The number of ether oxygens (including phenoxy) is 1. The molecule has 0 bridgehead atoms. The number of anilines is 1. The van der Waals surface area contributed by atoms with Crippen LogP contribution in [0.2, 0.25) is 10.0 Å². The lowest BCUT2D eigenvalue weighted by Gasteiger charge is -2.13. The van der Waals surface area contributed by atoms with Crippen molar-refractivity contribution in [3.05, 3.63) is 68.2 Å². The number of non-ortho nitro benzene ring substituents is 1. The third-order valence-electron chi connectivity index (χ3n) is 3.13. The predicted molar refractivity (Wildman–Crippen MR) is 93.1 cm³/mol. The van der Waals surface area contributed by atoms with Crippen LogP contribution in [0.5, 0.6) is 0 Å². The molecule has 25 heavy (non-hydrogen) atoms. The largest absolute Gasteiger partial charge is 0.449 e. The van der Waals surface area contributed by atoms with Crippen molar-refractivity contribution >= 4 is 46.5 Å². The molecular weight excluding hydrogens is 371 g/mol. The minimum atomic E-state index is -1.12. The highest BCUT2D eigenvalue weighted by atomic mass is 35.5. The second-order valence-electron chi connectivity index (χ2n) is 4.97. The number of nitro groups is 1. The Morgan fingerprint density at radius 2 is 1.88 bits per heavy atom. The molecule has 2 aromatic rings. The number of nitrogens with zero attached hydrogens (tertiary/aromatic N) is 1. The maximum Gasteiger partial charge on any atom is 0.338 e. The molecule has 7 nitrogen and oxygen atoms in total. The van der Waals surface area contributed by atoms with Gasteiger partial charge in [0, 0.05) is 17.8 Å². The number of carbonyl (C=O) groups excluding carboxylic acids is 2. The van der Waals surface area contributed by atoms with Crippen molar-refractivity contribution < 1.29 is 19.2 Å². The summed E-state index contributed by atoms with van der Waals surface area (Å²) in [6.45, 7) is 1.38. The molecule has 1 N–H and O–H groups in total. The highest BCUT2D eigenvalue weighted by molar-refractivity contribution is 6.42. The fourth-order valence-electron chi connectivity index (χ4n) is 1.85. The van der Waals surface area contributed by atoms with E-state index >= 15 is 0 Å². The van der Waals surface area contributed by atoms with Crippen molar-refractivity contribution in [1.82, 2.24) is 0 Å².